The first-order valence-corrected chi connectivity index (χ1v) is 6.36. The highest BCUT2D eigenvalue weighted by Gasteiger charge is 2.43. The molecule has 102 valence electrons. The predicted molar refractivity (Wildman–Crippen MR) is 70.8 cm³/mol. The molecule has 0 bridgehead atoms. The summed E-state index contributed by atoms with van der Waals surface area (Å²) in [6, 6.07) is 6.74. The number of imide groups is 1. The molecule has 5 heteroatoms. The van der Waals surface area contributed by atoms with Gasteiger partial charge in [0.1, 0.15) is 11.3 Å². The van der Waals surface area contributed by atoms with Crippen LogP contribution in [-0.2, 0) is 10.3 Å². The third-order valence-electron chi connectivity index (χ3n) is 3.39. The van der Waals surface area contributed by atoms with Crippen molar-refractivity contribution < 1.29 is 14.3 Å². The fourth-order valence-electron chi connectivity index (χ4n) is 1.93. The molecule has 0 aliphatic carbocycles. The number of rotatable bonds is 4. The van der Waals surface area contributed by atoms with Crippen LogP contribution in [0.15, 0.2) is 24.3 Å². The molecule has 2 rings (SSSR count). The fraction of sp³-hybridized carbons (Fsp3) is 0.429. The Morgan fingerprint density at radius 2 is 1.89 bits per heavy atom. The molecule has 1 aliphatic heterocycles. The molecule has 1 aliphatic rings. The van der Waals surface area contributed by atoms with Crippen molar-refractivity contribution in [1.82, 2.24) is 10.6 Å². The molecule has 0 radical (unpaired) electrons. The summed E-state index contributed by atoms with van der Waals surface area (Å²) >= 11 is 0. The standard InChI is InChI=1S/C14H18N2O3/c1-4-9(2)19-11-7-5-10(6-8-11)14(3)12(17)15-13(18)16-14/h5-9H,4H2,1-3H3,(H2,15,16,17,18). The van der Waals surface area contributed by atoms with Gasteiger partial charge in [0.25, 0.3) is 5.91 Å². The van der Waals surface area contributed by atoms with Crippen molar-refractivity contribution in [3.05, 3.63) is 29.8 Å². The van der Waals surface area contributed by atoms with Crippen LogP contribution in [0.5, 0.6) is 5.75 Å². The molecule has 1 fully saturated rings. The Morgan fingerprint density at radius 1 is 1.26 bits per heavy atom. The summed E-state index contributed by atoms with van der Waals surface area (Å²) in [5.41, 5.74) is -0.279. The molecule has 1 saturated heterocycles. The Labute approximate surface area is 112 Å². The molecule has 2 atom stereocenters. The molecule has 0 spiro atoms. The molecule has 5 nitrogen and oxygen atoms in total. The second-order valence-corrected chi connectivity index (χ2v) is 4.89. The zero-order valence-electron chi connectivity index (χ0n) is 11.3. The van der Waals surface area contributed by atoms with Crippen LogP contribution in [0.25, 0.3) is 0 Å². The molecule has 0 aromatic heterocycles. The first-order valence-electron chi connectivity index (χ1n) is 6.36. The van der Waals surface area contributed by atoms with E-state index in [2.05, 4.69) is 17.6 Å². The van der Waals surface area contributed by atoms with Crippen molar-refractivity contribution in [2.24, 2.45) is 0 Å². The number of hydrogen-bond donors (Lipinski definition) is 2. The largest absolute Gasteiger partial charge is 0.491 e. The van der Waals surface area contributed by atoms with E-state index in [-0.39, 0.29) is 12.0 Å². The average Bonchev–Trinajstić information content (AvgIpc) is 2.64. The lowest BCUT2D eigenvalue weighted by molar-refractivity contribution is -0.123. The van der Waals surface area contributed by atoms with Crippen LogP contribution in [0.3, 0.4) is 0 Å². The quantitative estimate of drug-likeness (QED) is 0.815. The topological polar surface area (TPSA) is 67.4 Å². The van der Waals surface area contributed by atoms with Crippen LogP contribution in [0.1, 0.15) is 32.8 Å². The van der Waals surface area contributed by atoms with Crippen LogP contribution >= 0.6 is 0 Å². The number of urea groups is 1. The van der Waals surface area contributed by atoms with Crippen molar-refractivity contribution in [2.75, 3.05) is 0 Å². The molecule has 2 N–H and O–H groups in total. The van der Waals surface area contributed by atoms with Gasteiger partial charge in [0.05, 0.1) is 6.10 Å². The van der Waals surface area contributed by atoms with Crippen LogP contribution in [0.4, 0.5) is 4.79 Å². The predicted octanol–water partition coefficient (Wildman–Crippen LogP) is 1.92. The van der Waals surface area contributed by atoms with Gasteiger partial charge >= 0.3 is 6.03 Å². The van der Waals surface area contributed by atoms with Crippen molar-refractivity contribution in [3.8, 4) is 5.75 Å². The minimum atomic E-state index is -1.01. The number of hydrogen-bond acceptors (Lipinski definition) is 3. The lowest BCUT2D eigenvalue weighted by Crippen LogP contribution is -2.40. The highest BCUT2D eigenvalue weighted by Crippen LogP contribution is 2.26. The molecular formula is C14H18N2O3. The summed E-state index contributed by atoms with van der Waals surface area (Å²) in [4.78, 5) is 23.0. The Balaban J connectivity index is 2.19. The monoisotopic (exact) mass is 262 g/mol. The fourth-order valence-corrected chi connectivity index (χ4v) is 1.93. The van der Waals surface area contributed by atoms with E-state index in [1.807, 2.05) is 19.1 Å². The third-order valence-corrected chi connectivity index (χ3v) is 3.39. The van der Waals surface area contributed by atoms with Crippen molar-refractivity contribution in [3.63, 3.8) is 0 Å². The van der Waals surface area contributed by atoms with Crippen LogP contribution in [0.2, 0.25) is 0 Å². The summed E-state index contributed by atoms with van der Waals surface area (Å²) < 4.78 is 5.67. The van der Waals surface area contributed by atoms with E-state index >= 15 is 0 Å². The van der Waals surface area contributed by atoms with Gasteiger partial charge in [-0.05, 0) is 38.0 Å². The van der Waals surface area contributed by atoms with Crippen LogP contribution < -0.4 is 15.4 Å². The Bertz CT molecular complexity index is 498. The average molecular weight is 262 g/mol. The maximum absolute atomic E-state index is 11.8. The van der Waals surface area contributed by atoms with Crippen molar-refractivity contribution in [2.45, 2.75) is 38.8 Å². The van der Waals surface area contributed by atoms with Crippen molar-refractivity contribution >= 4 is 11.9 Å². The lowest BCUT2D eigenvalue weighted by Gasteiger charge is -2.21. The third kappa shape index (κ3) is 2.54. The zero-order valence-corrected chi connectivity index (χ0v) is 11.3. The van der Waals surface area contributed by atoms with E-state index in [1.54, 1.807) is 19.1 Å². The molecule has 19 heavy (non-hydrogen) atoms. The second kappa shape index (κ2) is 4.91. The first-order chi connectivity index (χ1) is 8.95. The molecular weight excluding hydrogens is 244 g/mol. The molecule has 1 aromatic rings. The van der Waals surface area contributed by atoms with Gasteiger partial charge in [0.15, 0.2) is 0 Å². The van der Waals surface area contributed by atoms with Crippen LogP contribution in [-0.4, -0.2) is 18.0 Å². The highest BCUT2D eigenvalue weighted by atomic mass is 16.5. The Morgan fingerprint density at radius 3 is 2.37 bits per heavy atom. The lowest BCUT2D eigenvalue weighted by atomic mass is 9.92. The maximum atomic E-state index is 11.8. The highest BCUT2D eigenvalue weighted by molar-refractivity contribution is 6.07. The number of amides is 3. The summed E-state index contributed by atoms with van der Waals surface area (Å²) in [6.45, 7) is 5.73. The van der Waals surface area contributed by atoms with Crippen molar-refractivity contribution in [1.29, 1.82) is 0 Å². The summed E-state index contributed by atoms with van der Waals surface area (Å²) in [6.07, 6.45) is 1.08. The normalized spacial score (nSPS) is 23.7. The second-order valence-electron chi connectivity index (χ2n) is 4.89. The molecule has 3 amide bonds. The van der Waals surface area contributed by atoms with E-state index in [0.29, 0.717) is 0 Å². The van der Waals surface area contributed by atoms with E-state index < -0.39 is 11.6 Å². The number of carbonyl (C=O) groups excluding carboxylic acids is 2. The zero-order chi connectivity index (χ0) is 14.0. The maximum Gasteiger partial charge on any atom is 0.322 e. The molecule has 0 saturated carbocycles. The summed E-state index contributed by atoms with van der Waals surface area (Å²) in [5, 5.41) is 4.87. The SMILES string of the molecule is CCC(C)Oc1ccc(C2(C)NC(=O)NC2=O)cc1. The smallest absolute Gasteiger partial charge is 0.322 e. The van der Waals surface area contributed by atoms with E-state index in [9.17, 15) is 9.59 Å². The molecule has 1 aromatic carbocycles. The van der Waals surface area contributed by atoms with Crippen LogP contribution in [0, 0.1) is 0 Å². The summed E-state index contributed by atoms with van der Waals surface area (Å²) in [5.74, 6) is 0.416. The van der Waals surface area contributed by atoms with Gasteiger partial charge in [0.2, 0.25) is 0 Å². The minimum absolute atomic E-state index is 0.149. The van der Waals surface area contributed by atoms with Gasteiger partial charge in [-0.2, -0.15) is 0 Å². The molecule has 1 heterocycles. The number of benzene rings is 1. The van der Waals surface area contributed by atoms with Gasteiger partial charge in [0, 0.05) is 0 Å². The first kappa shape index (κ1) is 13.4. The number of carbonyl (C=O) groups is 2. The van der Waals surface area contributed by atoms with Gasteiger partial charge in [-0.15, -0.1) is 0 Å². The summed E-state index contributed by atoms with van der Waals surface area (Å²) in [7, 11) is 0. The minimum Gasteiger partial charge on any atom is -0.491 e. The van der Waals surface area contributed by atoms with Gasteiger partial charge < -0.3 is 10.1 Å². The van der Waals surface area contributed by atoms with E-state index in [4.69, 9.17) is 4.74 Å². The number of ether oxygens (including phenoxy) is 1. The van der Waals surface area contributed by atoms with E-state index in [1.165, 1.54) is 0 Å². The van der Waals surface area contributed by atoms with Gasteiger partial charge in [-0.3, -0.25) is 10.1 Å². The van der Waals surface area contributed by atoms with Gasteiger partial charge in [-0.25, -0.2) is 4.79 Å². The number of nitrogens with one attached hydrogen (secondary N) is 2. The van der Waals surface area contributed by atoms with E-state index in [0.717, 1.165) is 17.7 Å². The van der Waals surface area contributed by atoms with Gasteiger partial charge in [-0.1, -0.05) is 19.1 Å². The Hall–Kier alpha value is -2.04. The molecule has 2 unspecified atom stereocenters. The Kier molecular flexibility index (Phi) is 3.46.